The van der Waals surface area contributed by atoms with Gasteiger partial charge < -0.3 is 4.79 Å². The summed E-state index contributed by atoms with van der Waals surface area (Å²) in [5, 5.41) is 0. The van der Waals surface area contributed by atoms with Crippen LogP contribution in [0.5, 0.6) is 0 Å². The van der Waals surface area contributed by atoms with Crippen LogP contribution in [0.15, 0.2) is 91.0 Å². The molecule has 25 heavy (non-hydrogen) atoms. The first-order valence-corrected chi connectivity index (χ1v) is 8.76. The van der Waals surface area contributed by atoms with Crippen molar-refractivity contribution in [2.75, 3.05) is 6.54 Å². The zero-order valence-electron chi connectivity index (χ0n) is 14.1. The highest BCUT2D eigenvalue weighted by molar-refractivity contribution is 5.62. The summed E-state index contributed by atoms with van der Waals surface area (Å²) >= 11 is 0. The van der Waals surface area contributed by atoms with Crippen molar-refractivity contribution in [3.8, 4) is 0 Å². The highest BCUT2D eigenvalue weighted by Crippen LogP contribution is 2.46. The van der Waals surface area contributed by atoms with Gasteiger partial charge in [0.1, 0.15) is 6.29 Å². The molecule has 1 heterocycles. The van der Waals surface area contributed by atoms with Crippen molar-refractivity contribution < 1.29 is 4.79 Å². The molecule has 2 heteroatoms. The van der Waals surface area contributed by atoms with Crippen molar-refractivity contribution in [3.05, 3.63) is 108 Å². The van der Waals surface area contributed by atoms with Crippen LogP contribution >= 0.6 is 0 Å². The monoisotopic (exact) mass is 327 g/mol. The van der Waals surface area contributed by atoms with Crippen LogP contribution in [0.3, 0.4) is 0 Å². The zero-order chi connectivity index (χ0) is 17.1. The largest absolute Gasteiger partial charge is 0.302 e. The molecule has 0 bridgehead atoms. The zero-order valence-corrected chi connectivity index (χ0v) is 14.1. The van der Waals surface area contributed by atoms with E-state index in [4.69, 9.17) is 0 Å². The van der Waals surface area contributed by atoms with Crippen molar-refractivity contribution in [3.63, 3.8) is 0 Å². The normalized spacial score (nSPS) is 17.7. The maximum absolute atomic E-state index is 11.7. The Bertz CT molecular complexity index is 733. The van der Waals surface area contributed by atoms with E-state index < -0.39 is 5.54 Å². The molecule has 0 amide bonds. The van der Waals surface area contributed by atoms with Crippen molar-refractivity contribution >= 4 is 6.29 Å². The van der Waals surface area contributed by atoms with Gasteiger partial charge in [-0.2, -0.15) is 0 Å². The Morgan fingerprint density at radius 2 is 1.12 bits per heavy atom. The minimum atomic E-state index is -0.451. The number of nitrogens with zero attached hydrogens (tertiary/aromatic N) is 1. The van der Waals surface area contributed by atoms with E-state index in [-0.39, 0.29) is 6.04 Å². The summed E-state index contributed by atoms with van der Waals surface area (Å²) in [6, 6.07) is 31.5. The number of hydrogen-bond donors (Lipinski definition) is 0. The third-order valence-electron chi connectivity index (χ3n) is 5.23. The molecule has 2 nitrogen and oxygen atoms in total. The highest BCUT2D eigenvalue weighted by Gasteiger charge is 2.48. The molecule has 1 saturated heterocycles. The fraction of sp³-hybridized carbons (Fsp3) is 0.174. The van der Waals surface area contributed by atoms with Crippen molar-refractivity contribution in [2.24, 2.45) is 0 Å². The molecule has 1 fully saturated rings. The molecular formula is C23H21NO. The number of hydrogen-bond acceptors (Lipinski definition) is 2. The first-order valence-electron chi connectivity index (χ1n) is 8.76. The van der Waals surface area contributed by atoms with Gasteiger partial charge in [0.2, 0.25) is 0 Å². The molecule has 1 atom stereocenters. The molecule has 4 rings (SSSR count). The lowest BCUT2D eigenvalue weighted by Crippen LogP contribution is -2.60. The van der Waals surface area contributed by atoms with Gasteiger partial charge in [0.05, 0.1) is 11.6 Å². The van der Waals surface area contributed by atoms with Crippen LogP contribution in [0.4, 0.5) is 0 Å². The summed E-state index contributed by atoms with van der Waals surface area (Å²) in [4.78, 5) is 14.0. The van der Waals surface area contributed by atoms with Crippen LogP contribution in [0.2, 0.25) is 0 Å². The molecule has 124 valence electrons. The van der Waals surface area contributed by atoms with E-state index in [2.05, 4.69) is 77.7 Å². The van der Waals surface area contributed by atoms with Crippen LogP contribution in [-0.2, 0) is 10.3 Å². The van der Waals surface area contributed by atoms with Crippen LogP contribution in [0.1, 0.15) is 23.1 Å². The Balaban J connectivity index is 2.03. The quantitative estimate of drug-likeness (QED) is 0.516. The Morgan fingerprint density at radius 3 is 1.40 bits per heavy atom. The van der Waals surface area contributed by atoms with Crippen LogP contribution in [0, 0.1) is 0 Å². The maximum Gasteiger partial charge on any atom is 0.137 e. The second-order valence-corrected chi connectivity index (χ2v) is 6.49. The molecule has 3 aromatic carbocycles. The number of rotatable bonds is 5. The predicted molar refractivity (Wildman–Crippen MR) is 100 cm³/mol. The molecule has 3 aromatic rings. The van der Waals surface area contributed by atoms with Crippen LogP contribution < -0.4 is 0 Å². The average Bonchev–Trinajstić information content (AvgIpc) is 2.67. The molecular weight excluding hydrogens is 306 g/mol. The van der Waals surface area contributed by atoms with Crippen molar-refractivity contribution in [1.82, 2.24) is 4.90 Å². The molecule has 0 aromatic heterocycles. The molecule has 0 N–H and O–H groups in total. The van der Waals surface area contributed by atoms with Gasteiger partial charge in [-0.05, 0) is 23.1 Å². The molecule has 0 unspecified atom stereocenters. The first-order chi connectivity index (χ1) is 12.4. The van der Waals surface area contributed by atoms with E-state index in [1.165, 1.54) is 16.7 Å². The lowest BCUT2D eigenvalue weighted by Gasteiger charge is -2.53. The van der Waals surface area contributed by atoms with Gasteiger partial charge in [-0.3, -0.25) is 4.90 Å². The molecule has 0 radical (unpaired) electrons. The molecule has 1 aliphatic heterocycles. The third-order valence-corrected chi connectivity index (χ3v) is 5.23. The Hall–Kier alpha value is -2.71. The lowest BCUT2D eigenvalue weighted by molar-refractivity contribution is -0.119. The second-order valence-electron chi connectivity index (χ2n) is 6.49. The lowest BCUT2D eigenvalue weighted by atomic mass is 9.73. The van der Waals surface area contributed by atoms with Gasteiger partial charge >= 0.3 is 0 Å². The van der Waals surface area contributed by atoms with Crippen molar-refractivity contribution in [2.45, 2.75) is 18.0 Å². The van der Waals surface area contributed by atoms with E-state index in [1.54, 1.807) is 0 Å². The molecule has 0 saturated carbocycles. The number of benzene rings is 3. The van der Waals surface area contributed by atoms with E-state index >= 15 is 0 Å². The van der Waals surface area contributed by atoms with Gasteiger partial charge in [-0.15, -0.1) is 0 Å². The Morgan fingerprint density at radius 1 is 0.720 bits per heavy atom. The van der Waals surface area contributed by atoms with E-state index in [9.17, 15) is 4.79 Å². The summed E-state index contributed by atoms with van der Waals surface area (Å²) in [6.07, 6.45) is 2.00. The molecule has 0 aliphatic carbocycles. The Kier molecular flexibility index (Phi) is 4.21. The summed E-state index contributed by atoms with van der Waals surface area (Å²) in [5.41, 5.74) is 3.13. The van der Waals surface area contributed by atoms with Crippen molar-refractivity contribution in [1.29, 1.82) is 0 Å². The van der Waals surface area contributed by atoms with Gasteiger partial charge in [0.15, 0.2) is 0 Å². The first kappa shape index (κ1) is 15.8. The smallest absolute Gasteiger partial charge is 0.137 e. The summed E-state index contributed by atoms with van der Waals surface area (Å²) in [7, 11) is 0. The minimum Gasteiger partial charge on any atom is -0.302 e. The van der Waals surface area contributed by atoms with Gasteiger partial charge in [-0.25, -0.2) is 0 Å². The molecule has 1 aliphatic rings. The standard InChI is InChI=1S/C23H21NO/c25-18-22-16-17-24(22)23(19-10-4-1-5-11-19,20-12-6-2-7-13-20)21-14-8-3-9-15-21/h1-15,18,22H,16-17H2/t22-/m1/s1. The summed E-state index contributed by atoms with van der Waals surface area (Å²) in [6.45, 7) is 0.905. The number of likely N-dealkylation sites (tertiary alicyclic amines) is 1. The van der Waals surface area contributed by atoms with Gasteiger partial charge in [0, 0.05) is 6.54 Å². The van der Waals surface area contributed by atoms with E-state index in [1.807, 2.05) is 18.2 Å². The highest BCUT2D eigenvalue weighted by atomic mass is 16.1. The fourth-order valence-corrected chi connectivity index (χ4v) is 4.00. The maximum atomic E-state index is 11.7. The van der Waals surface area contributed by atoms with Gasteiger partial charge in [0.25, 0.3) is 0 Å². The Labute approximate surface area is 148 Å². The topological polar surface area (TPSA) is 20.3 Å². The SMILES string of the molecule is O=C[C@H]1CCN1C(c1ccccc1)(c1ccccc1)c1ccccc1. The summed E-state index contributed by atoms with van der Waals surface area (Å²) in [5.74, 6) is 0. The van der Waals surface area contributed by atoms with Crippen LogP contribution in [-0.4, -0.2) is 23.8 Å². The number of aldehydes is 1. The summed E-state index contributed by atoms with van der Waals surface area (Å²) < 4.78 is 0. The van der Waals surface area contributed by atoms with Gasteiger partial charge in [-0.1, -0.05) is 91.0 Å². The van der Waals surface area contributed by atoms with E-state index in [0.717, 1.165) is 19.3 Å². The fourth-order valence-electron chi connectivity index (χ4n) is 4.00. The third kappa shape index (κ3) is 2.50. The number of carbonyl (C=O) groups excluding carboxylic acids is 1. The number of carbonyl (C=O) groups is 1. The van der Waals surface area contributed by atoms with Crippen LogP contribution in [0.25, 0.3) is 0 Å². The van der Waals surface area contributed by atoms with E-state index in [0.29, 0.717) is 0 Å². The second kappa shape index (κ2) is 6.66. The average molecular weight is 327 g/mol. The predicted octanol–water partition coefficient (Wildman–Crippen LogP) is 4.25. The molecule has 0 spiro atoms. The minimum absolute atomic E-state index is 0.0550.